The van der Waals surface area contributed by atoms with Gasteiger partial charge < -0.3 is 10.6 Å². The highest BCUT2D eigenvalue weighted by Gasteiger charge is 2.10. The predicted octanol–water partition coefficient (Wildman–Crippen LogP) is 3.23. The molecule has 1 aromatic carbocycles. The first-order valence-electron chi connectivity index (χ1n) is 8.11. The summed E-state index contributed by atoms with van der Waals surface area (Å²) in [6.45, 7) is 12.9. The fourth-order valence-corrected chi connectivity index (χ4v) is 2.32. The molecule has 0 spiro atoms. The van der Waals surface area contributed by atoms with Gasteiger partial charge >= 0.3 is 0 Å². The zero-order chi connectivity index (χ0) is 16.4. The van der Waals surface area contributed by atoms with E-state index in [1.54, 1.807) is 12.1 Å². The molecular weight excluding hydrogens is 406 g/mol. The van der Waals surface area contributed by atoms with E-state index < -0.39 is 0 Å². The van der Waals surface area contributed by atoms with Crippen LogP contribution in [-0.2, 0) is 6.54 Å². The standard InChI is InChI=1S/C17H29FN4.HI/c1-5-19-17(20-12-14(4)22(6-2)7-3)21-13-15-8-10-16(18)11-9-15;/h8-11,14H,5-7,12-13H2,1-4H3,(H2,19,20,21);1H. The van der Waals surface area contributed by atoms with Crippen LogP contribution in [0.4, 0.5) is 4.39 Å². The summed E-state index contributed by atoms with van der Waals surface area (Å²) in [6, 6.07) is 6.91. The van der Waals surface area contributed by atoms with E-state index in [1.165, 1.54) is 12.1 Å². The third kappa shape index (κ3) is 8.50. The van der Waals surface area contributed by atoms with Crippen LogP contribution in [0.15, 0.2) is 29.3 Å². The Hall–Kier alpha value is -0.890. The molecule has 1 unspecified atom stereocenters. The van der Waals surface area contributed by atoms with Crippen molar-refractivity contribution in [3.63, 3.8) is 0 Å². The second-order valence-corrected chi connectivity index (χ2v) is 5.27. The number of nitrogens with zero attached hydrogens (tertiary/aromatic N) is 2. The minimum atomic E-state index is -0.217. The lowest BCUT2D eigenvalue weighted by Crippen LogP contribution is -2.45. The molecular formula is C17H30FIN4. The van der Waals surface area contributed by atoms with Gasteiger partial charge in [-0.3, -0.25) is 4.90 Å². The Labute approximate surface area is 157 Å². The van der Waals surface area contributed by atoms with Crippen molar-refractivity contribution >= 4 is 29.9 Å². The summed E-state index contributed by atoms with van der Waals surface area (Å²) in [5.74, 6) is 0.580. The number of halogens is 2. The molecule has 1 rings (SSSR count). The summed E-state index contributed by atoms with van der Waals surface area (Å²) in [6.07, 6.45) is 0. The highest BCUT2D eigenvalue weighted by molar-refractivity contribution is 14.0. The molecule has 23 heavy (non-hydrogen) atoms. The van der Waals surface area contributed by atoms with E-state index in [1.807, 2.05) is 6.92 Å². The second kappa shape index (κ2) is 12.5. The molecule has 0 aliphatic heterocycles. The molecule has 6 heteroatoms. The Morgan fingerprint density at radius 3 is 2.26 bits per heavy atom. The fraction of sp³-hybridized carbons (Fsp3) is 0.588. The van der Waals surface area contributed by atoms with E-state index in [9.17, 15) is 4.39 Å². The predicted molar refractivity (Wildman–Crippen MR) is 107 cm³/mol. The Kier molecular flexibility index (Phi) is 12.0. The van der Waals surface area contributed by atoms with Crippen molar-refractivity contribution in [3.8, 4) is 0 Å². The van der Waals surface area contributed by atoms with E-state index in [-0.39, 0.29) is 29.8 Å². The van der Waals surface area contributed by atoms with Gasteiger partial charge in [0.05, 0.1) is 6.54 Å². The zero-order valence-electron chi connectivity index (χ0n) is 14.6. The van der Waals surface area contributed by atoms with E-state index in [0.717, 1.165) is 37.7 Å². The summed E-state index contributed by atoms with van der Waals surface area (Å²) >= 11 is 0. The van der Waals surface area contributed by atoms with Gasteiger partial charge in [0.15, 0.2) is 5.96 Å². The van der Waals surface area contributed by atoms with Crippen LogP contribution in [-0.4, -0.2) is 43.1 Å². The summed E-state index contributed by atoms with van der Waals surface area (Å²) in [5.41, 5.74) is 0.996. The summed E-state index contributed by atoms with van der Waals surface area (Å²) in [4.78, 5) is 6.95. The summed E-state index contributed by atoms with van der Waals surface area (Å²) < 4.78 is 12.9. The van der Waals surface area contributed by atoms with E-state index in [4.69, 9.17) is 0 Å². The maximum absolute atomic E-state index is 12.9. The first-order valence-corrected chi connectivity index (χ1v) is 8.11. The van der Waals surface area contributed by atoms with Gasteiger partial charge in [0, 0.05) is 19.1 Å². The van der Waals surface area contributed by atoms with Crippen molar-refractivity contribution in [1.82, 2.24) is 15.5 Å². The van der Waals surface area contributed by atoms with Crippen LogP contribution in [0.2, 0.25) is 0 Å². The van der Waals surface area contributed by atoms with E-state index in [0.29, 0.717) is 12.6 Å². The summed E-state index contributed by atoms with van der Waals surface area (Å²) in [5, 5.41) is 6.62. The number of nitrogens with one attached hydrogen (secondary N) is 2. The molecule has 0 amide bonds. The van der Waals surface area contributed by atoms with Crippen molar-refractivity contribution < 1.29 is 4.39 Å². The van der Waals surface area contributed by atoms with Gasteiger partial charge in [-0.15, -0.1) is 24.0 Å². The van der Waals surface area contributed by atoms with E-state index in [2.05, 4.69) is 41.3 Å². The second-order valence-electron chi connectivity index (χ2n) is 5.27. The van der Waals surface area contributed by atoms with Crippen molar-refractivity contribution in [2.24, 2.45) is 4.99 Å². The lowest BCUT2D eigenvalue weighted by atomic mass is 10.2. The number of guanidine groups is 1. The lowest BCUT2D eigenvalue weighted by molar-refractivity contribution is 0.231. The van der Waals surface area contributed by atoms with Crippen molar-refractivity contribution in [3.05, 3.63) is 35.6 Å². The molecule has 1 aromatic rings. The molecule has 132 valence electrons. The SMILES string of the molecule is CCNC(=NCc1ccc(F)cc1)NCC(C)N(CC)CC.I. The van der Waals surface area contributed by atoms with Crippen LogP contribution in [0.3, 0.4) is 0 Å². The van der Waals surface area contributed by atoms with Gasteiger partial charge in [0.25, 0.3) is 0 Å². The smallest absolute Gasteiger partial charge is 0.191 e. The van der Waals surface area contributed by atoms with Crippen molar-refractivity contribution in [1.29, 1.82) is 0 Å². The minimum Gasteiger partial charge on any atom is -0.357 e. The monoisotopic (exact) mass is 436 g/mol. The summed E-state index contributed by atoms with van der Waals surface area (Å²) in [7, 11) is 0. The maximum Gasteiger partial charge on any atom is 0.191 e. The van der Waals surface area contributed by atoms with Crippen LogP contribution < -0.4 is 10.6 Å². The highest BCUT2D eigenvalue weighted by Crippen LogP contribution is 2.04. The van der Waals surface area contributed by atoms with Gasteiger partial charge in [-0.05, 0) is 44.6 Å². The number of rotatable bonds is 8. The fourth-order valence-electron chi connectivity index (χ4n) is 2.32. The first-order chi connectivity index (χ1) is 10.6. The Bertz CT molecular complexity index is 446. The lowest BCUT2D eigenvalue weighted by Gasteiger charge is -2.27. The third-order valence-corrected chi connectivity index (χ3v) is 3.68. The van der Waals surface area contributed by atoms with Gasteiger partial charge in [0.2, 0.25) is 0 Å². The number of aliphatic imine (C=N–C) groups is 1. The average molecular weight is 436 g/mol. The normalized spacial score (nSPS) is 12.7. The molecule has 4 nitrogen and oxygen atoms in total. The molecule has 0 bridgehead atoms. The average Bonchev–Trinajstić information content (AvgIpc) is 2.52. The maximum atomic E-state index is 12.9. The highest BCUT2D eigenvalue weighted by atomic mass is 127. The van der Waals surface area contributed by atoms with Crippen molar-refractivity contribution in [2.45, 2.75) is 40.3 Å². The van der Waals surface area contributed by atoms with Crippen LogP contribution >= 0.6 is 24.0 Å². The molecule has 0 aliphatic carbocycles. The first kappa shape index (κ1) is 22.1. The largest absolute Gasteiger partial charge is 0.357 e. The van der Waals surface area contributed by atoms with Crippen LogP contribution in [0.5, 0.6) is 0 Å². The topological polar surface area (TPSA) is 39.7 Å². The van der Waals surface area contributed by atoms with Crippen LogP contribution in [0.25, 0.3) is 0 Å². The Balaban J connectivity index is 0.00000484. The number of benzene rings is 1. The van der Waals surface area contributed by atoms with Gasteiger partial charge in [0.1, 0.15) is 5.82 Å². The van der Waals surface area contributed by atoms with Gasteiger partial charge in [-0.1, -0.05) is 26.0 Å². The molecule has 0 radical (unpaired) electrons. The van der Waals surface area contributed by atoms with Gasteiger partial charge in [-0.2, -0.15) is 0 Å². The Morgan fingerprint density at radius 2 is 1.74 bits per heavy atom. The Morgan fingerprint density at radius 1 is 1.13 bits per heavy atom. The number of hydrogen-bond donors (Lipinski definition) is 2. The van der Waals surface area contributed by atoms with E-state index >= 15 is 0 Å². The molecule has 0 heterocycles. The third-order valence-electron chi connectivity index (χ3n) is 3.68. The van der Waals surface area contributed by atoms with Crippen molar-refractivity contribution in [2.75, 3.05) is 26.2 Å². The van der Waals surface area contributed by atoms with Crippen LogP contribution in [0, 0.1) is 5.82 Å². The quantitative estimate of drug-likeness (QED) is 0.374. The molecule has 0 saturated heterocycles. The molecule has 0 aromatic heterocycles. The molecule has 2 N–H and O–H groups in total. The van der Waals surface area contributed by atoms with Crippen LogP contribution in [0.1, 0.15) is 33.3 Å². The molecule has 0 fully saturated rings. The van der Waals surface area contributed by atoms with Gasteiger partial charge in [-0.25, -0.2) is 9.38 Å². The molecule has 1 atom stereocenters. The number of likely N-dealkylation sites (N-methyl/N-ethyl adjacent to an activating group) is 1. The molecule has 0 aliphatic rings. The zero-order valence-corrected chi connectivity index (χ0v) is 16.9. The number of hydrogen-bond acceptors (Lipinski definition) is 2. The minimum absolute atomic E-state index is 0. The molecule has 0 saturated carbocycles.